The van der Waals surface area contributed by atoms with E-state index in [1.807, 2.05) is 0 Å². The van der Waals surface area contributed by atoms with Crippen molar-refractivity contribution in [2.75, 3.05) is 0 Å². The van der Waals surface area contributed by atoms with Crippen LogP contribution in [0.4, 0.5) is 0 Å². The highest BCUT2D eigenvalue weighted by Gasteiger charge is 2.17. The van der Waals surface area contributed by atoms with E-state index in [2.05, 4.69) is 69.5 Å². The molecule has 18 heavy (non-hydrogen) atoms. The molecule has 0 bridgehead atoms. The van der Waals surface area contributed by atoms with E-state index in [4.69, 9.17) is 0 Å². The van der Waals surface area contributed by atoms with Crippen LogP contribution < -0.4 is 0 Å². The zero-order valence-electron chi connectivity index (χ0n) is 12.2. The molecule has 0 saturated carbocycles. The zero-order valence-corrected chi connectivity index (χ0v) is 13.2. The number of fused-ring (bicyclic) bond motifs is 1. The van der Waals surface area contributed by atoms with Crippen LogP contribution in [-0.2, 0) is 6.42 Å². The molecule has 1 aliphatic rings. The lowest BCUT2D eigenvalue weighted by molar-refractivity contribution is 0.754. The number of hydrogen-bond acceptors (Lipinski definition) is 0. The van der Waals surface area contributed by atoms with Gasteiger partial charge in [0.15, 0.2) is 0 Å². The van der Waals surface area contributed by atoms with E-state index in [1.54, 1.807) is 5.57 Å². The molecule has 0 amide bonds. The van der Waals surface area contributed by atoms with E-state index in [0.29, 0.717) is 5.92 Å². The van der Waals surface area contributed by atoms with Gasteiger partial charge >= 0.3 is 0 Å². The summed E-state index contributed by atoms with van der Waals surface area (Å²) < 4.78 is 0. The van der Waals surface area contributed by atoms with Gasteiger partial charge in [-0.05, 0) is 29.0 Å². The van der Waals surface area contributed by atoms with E-state index in [1.165, 1.54) is 16.7 Å². The molecule has 96 valence electrons. The summed E-state index contributed by atoms with van der Waals surface area (Å²) in [6.07, 6.45) is 5.89. The summed E-state index contributed by atoms with van der Waals surface area (Å²) in [5.41, 5.74) is 8.35. The van der Waals surface area contributed by atoms with Crippen LogP contribution in [0.15, 0.2) is 29.5 Å². The van der Waals surface area contributed by atoms with Gasteiger partial charge in [-0.15, -0.1) is 0 Å². The highest BCUT2D eigenvalue weighted by Crippen LogP contribution is 2.32. The van der Waals surface area contributed by atoms with E-state index >= 15 is 0 Å². The van der Waals surface area contributed by atoms with Crippen LogP contribution in [0, 0.1) is 5.92 Å². The molecule has 0 unspecified atom stereocenters. The van der Waals surface area contributed by atoms with E-state index in [-0.39, 0.29) is 0 Å². The van der Waals surface area contributed by atoms with Gasteiger partial charge in [-0.3, -0.25) is 0 Å². The molecule has 2 rings (SSSR count). The Morgan fingerprint density at radius 2 is 1.89 bits per heavy atom. The number of hydrogen-bond donors (Lipinski definition) is 0. The third-order valence-corrected chi connectivity index (χ3v) is 4.63. The van der Waals surface area contributed by atoms with Crippen LogP contribution in [-0.4, -0.2) is 8.07 Å². The molecular formula is C17H24Si. The molecule has 0 saturated heterocycles. The summed E-state index contributed by atoms with van der Waals surface area (Å²) in [5, 5.41) is 0. The van der Waals surface area contributed by atoms with E-state index in [0.717, 1.165) is 6.42 Å². The van der Waals surface area contributed by atoms with Gasteiger partial charge in [0.1, 0.15) is 0 Å². The van der Waals surface area contributed by atoms with Crippen molar-refractivity contribution in [2.24, 2.45) is 5.92 Å². The highest BCUT2D eigenvalue weighted by atomic mass is 28.3. The third-order valence-electron chi connectivity index (χ3n) is 3.46. The molecule has 0 spiro atoms. The van der Waals surface area contributed by atoms with Crippen LogP contribution in [0.3, 0.4) is 0 Å². The molecule has 0 aliphatic heterocycles. The second-order valence-electron chi connectivity index (χ2n) is 6.67. The molecule has 0 fully saturated rings. The predicted molar refractivity (Wildman–Crippen MR) is 85.3 cm³/mol. The van der Waals surface area contributed by atoms with Crippen molar-refractivity contribution < 1.29 is 0 Å². The minimum atomic E-state index is -1.11. The van der Waals surface area contributed by atoms with Gasteiger partial charge < -0.3 is 0 Å². The van der Waals surface area contributed by atoms with Gasteiger partial charge in [0.2, 0.25) is 0 Å². The molecule has 0 heterocycles. The summed E-state index contributed by atoms with van der Waals surface area (Å²) >= 11 is 0. The smallest absolute Gasteiger partial charge is 0.0687 e. The van der Waals surface area contributed by atoms with Crippen LogP contribution in [0.25, 0.3) is 12.2 Å². The maximum Gasteiger partial charge on any atom is 0.0687 e. The van der Waals surface area contributed by atoms with Gasteiger partial charge in [0, 0.05) is 0 Å². The summed E-state index contributed by atoms with van der Waals surface area (Å²) in [6.45, 7) is 11.7. The number of benzene rings is 1. The first-order valence-corrected chi connectivity index (χ1v) is 10.5. The summed E-state index contributed by atoms with van der Waals surface area (Å²) in [6, 6.07) is 6.71. The van der Waals surface area contributed by atoms with Crippen LogP contribution >= 0.6 is 0 Å². The van der Waals surface area contributed by atoms with E-state index < -0.39 is 8.07 Å². The standard InChI is InChI=1S/C17H24Si/c1-13(2)16-11-15-8-6-7-14(17(15)12-16)9-10-18(3,4)5/h6-10,12-13H,11H2,1-5H3. The van der Waals surface area contributed by atoms with Crippen molar-refractivity contribution in [2.45, 2.75) is 39.9 Å². The van der Waals surface area contributed by atoms with Gasteiger partial charge in [-0.2, -0.15) is 0 Å². The Balaban J connectivity index is 2.36. The fourth-order valence-corrected chi connectivity index (χ4v) is 2.95. The monoisotopic (exact) mass is 256 g/mol. The Bertz CT molecular complexity index is 499. The molecule has 0 radical (unpaired) electrons. The highest BCUT2D eigenvalue weighted by molar-refractivity contribution is 6.81. The number of allylic oxidation sites excluding steroid dienone is 1. The summed E-state index contributed by atoms with van der Waals surface area (Å²) in [7, 11) is -1.11. The molecule has 1 heteroatoms. The second kappa shape index (κ2) is 4.89. The molecular weight excluding hydrogens is 232 g/mol. The first-order valence-electron chi connectivity index (χ1n) is 6.88. The fourth-order valence-electron chi connectivity index (χ4n) is 2.28. The van der Waals surface area contributed by atoms with Gasteiger partial charge in [0.05, 0.1) is 8.07 Å². The lowest BCUT2D eigenvalue weighted by Gasteiger charge is -2.09. The Morgan fingerprint density at radius 1 is 1.17 bits per heavy atom. The average molecular weight is 256 g/mol. The van der Waals surface area contributed by atoms with Crippen molar-refractivity contribution in [1.29, 1.82) is 0 Å². The van der Waals surface area contributed by atoms with Crippen molar-refractivity contribution in [3.63, 3.8) is 0 Å². The molecule has 1 aliphatic carbocycles. The van der Waals surface area contributed by atoms with E-state index in [9.17, 15) is 0 Å². The maximum absolute atomic E-state index is 2.43. The van der Waals surface area contributed by atoms with Crippen molar-refractivity contribution in [3.8, 4) is 0 Å². The summed E-state index contributed by atoms with van der Waals surface area (Å²) in [4.78, 5) is 0. The van der Waals surface area contributed by atoms with Crippen LogP contribution in [0.5, 0.6) is 0 Å². The topological polar surface area (TPSA) is 0 Å². The third kappa shape index (κ3) is 3.02. The lowest BCUT2D eigenvalue weighted by Crippen LogP contribution is -2.15. The molecule has 0 nitrogen and oxygen atoms in total. The Labute approximate surface area is 112 Å². The molecule has 1 aromatic rings. The minimum absolute atomic E-state index is 0.659. The second-order valence-corrected chi connectivity index (χ2v) is 11.7. The minimum Gasteiger partial charge on any atom is -0.0944 e. The normalized spacial score (nSPS) is 15.3. The van der Waals surface area contributed by atoms with Gasteiger partial charge in [-0.1, -0.05) is 75.1 Å². The van der Waals surface area contributed by atoms with Crippen molar-refractivity contribution >= 4 is 20.2 Å². The van der Waals surface area contributed by atoms with Crippen LogP contribution in [0.1, 0.15) is 30.5 Å². The Hall–Kier alpha value is -1.08. The first kappa shape index (κ1) is 13.4. The van der Waals surface area contributed by atoms with Crippen molar-refractivity contribution in [3.05, 3.63) is 46.2 Å². The quantitative estimate of drug-likeness (QED) is 0.654. The predicted octanol–water partition coefficient (Wildman–Crippen LogP) is 5.17. The Morgan fingerprint density at radius 3 is 2.50 bits per heavy atom. The van der Waals surface area contributed by atoms with Crippen LogP contribution in [0.2, 0.25) is 19.6 Å². The number of rotatable bonds is 3. The average Bonchev–Trinajstić information content (AvgIpc) is 2.69. The molecule has 0 N–H and O–H groups in total. The van der Waals surface area contributed by atoms with Gasteiger partial charge in [0.25, 0.3) is 0 Å². The summed E-state index contributed by atoms with van der Waals surface area (Å²) in [5.74, 6) is 0.659. The molecule has 0 aromatic heterocycles. The first-order chi connectivity index (χ1) is 8.37. The molecule has 1 aromatic carbocycles. The maximum atomic E-state index is 2.43. The lowest BCUT2D eigenvalue weighted by atomic mass is 10.0. The largest absolute Gasteiger partial charge is 0.0944 e. The van der Waals surface area contributed by atoms with Crippen molar-refractivity contribution in [1.82, 2.24) is 0 Å². The zero-order chi connectivity index (χ0) is 13.3. The molecule has 0 atom stereocenters. The fraction of sp³-hybridized carbons (Fsp3) is 0.412. The van der Waals surface area contributed by atoms with Gasteiger partial charge in [-0.25, -0.2) is 0 Å². The SMILES string of the molecule is CC(C)C1=Cc2c(C=C[Si](C)(C)C)cccc2C1. The Kier molecular flexibility index (Phi) is 3.63.